The van der Waals surface area contributed by atoms with Gasteiger partial charge in [0.25, 0.3) is 0 Å². The molecule has 2 amide bonds. The Morgan fingerprint density at radius 3 is 2.84 bits per heavy atom. The summed E-state index contributed by atoms with van der Waals surface area (Å²) in [5, 5.41) is 11.0. The van der Waals surface area contributed by atoms with E-state index in [1.54, 1.807) is 6.33 Å². The largest absolute Gasteiger partial charge is 0.378 e. The van der Waals surface area contributed by atoms with Gasteiger partial charge in [-0.25, -0.2) is 4.79 Å². The molecule has 2 aliphatic carbocycles. The summed E-state index contributed by atoms with van der Waals surface area (Å²) in [5.74, 6) is 0.789. The minimum Gasteiger partial charge on any atom is -0.378 e. The van der Waals surface area contributed by atoms with Crippen LogP contribution in [0.2, 0.25) is 0 Å². The Hall–Kier alpha value is -1.63. The summed E-state index contributed by atoms with van der Waals surface area (Å²) < 4.78 is 7.94. The maximum Gasteiger partial charge on any atom is 0.317 e. The fourth-order valence-electron chi connectivity index (χ4n) is 4.67. The predicted molar refractivity (Wildman–Crippen MR) is 95.0 cm³/mol. The highest BCUT2D eigenvalue weighted by Gasteiger charge is 2.57. The molecule has 1 aromatic heterocycles. The molecule has 7 heteroatoms. The Morgan fingerprint density at radius 1 is 1.40 bits per heavy atom. The molecule has 7 nitrogen and oxygen atoms in total. The van der Waals surface area contributed by atoms with Crippen LogP contribution in [0.5, 0.6) is 0 Å². The van der Waals surface area contributed by atoms with Crippen molar-refractivity contribution in [2.24, 2.45) is 5.41 Å². The average molecular weight is 349 g/mol. The summed E-state index contributed by atoms with van der Waals surface area (Å²) in [7, 11) is 1.92. The maximum absolute atomic E-state index is 12.7. The van der Waals surface area contributed by atoms with Crippen LogP contribution in [0.3, 0.4) is 0 Å². The number of rotatable bonds is 6. The quantitative estimate of drug-likeness (QED) is 0.857. The van der Waals surface area contributed by atoms with Crippen LogP contribution in [-0.2, 0) is 17.8 Å². The second-order valence-corrected chi connectivity index (χ2v) is 7.29. The van der Waals surface area contributed by atoms with Gasteiger partial charge in [-0.2, -0.15) is 0 Å². The van der Waals surface area contributed by atoms with Gasteiger partial charge in [-0.1, -0.05) is 19.3 Å². The average Bonchev–Trinajstić information content (AvgIpc) is 3.10. The fourth-order valence-corrected chi connectivity index (χ4v) is 4.67. The Morgan fingerprint density at radius 2 is 2.16 bits per heavy atom. The molecule has 0 aromatic carbocycles. The van der Waals surface area contributed by atoms with E-state index in [-0.39, 0.29) is 17.5 Å². The van der Waals surface area contributed by atoms with E-state index in [2.05, 4.69) is 22.4 Å². The Labute approximate surface area is 150 Å². The number of ether oxygens (including phenoxy) is 1. The molecule has 25 heavy (non-hydrogen) atoms. The SMILES string of the molecule is CCO[C@@H]1C[C@@H](N(C)C(=O)NCc2nncn2CC)C12CCCCC2. The first-order valence-electron chi connectivity index (χ1n) is 9.61. The van der Waals surface area contributed by atoms with Crippen molar-refractivity contribution in [2.75, 3.05) is 13.7 Å². The third-order valence-corrected chi connectivity index (χ3v) is 6.12. The third kappa shape index (κ3) is 3.38. The van der Waals surface area contributed by atoms with Crippen molar-refractivity contribution in [3.63, 3.8) is 0 Å². The van der Waals surface area contributed by atoms with Gasteiger partial charge < -0.3 is 19.5 Å². The van der Waals surface area contributed by atoms with E-state index in [4.69, 9.17) is 4.74 Å². The van der Waals surface area contributed by atoms with Gasteiger partial charge in [-0.3, -0.25) is 0 Å². The van der Waals surface area contributed by atoms with Crippen LogP contribution in [-0.4, -0.2) is 51.5 Å². The molecule has 3 rings (SSSR count). The fraction of sp³-hybridized carbons (Fsp3) is 0.833. The number of hydrogen-bond donors (Lipinski definition) is 1. The molecule has 1 aromatic rings. The van der Waals surface area contributed by atoms with Gasteiger partial charge in [0.2, 0.25) is 0 Å². The summed E-state index contributed by atoms with van der Waals surface area (Å²) in [4.78, 5) is 14.6. The number of aromatic nitrogens is 3. The van der Waals surface area contributed by atoms with Gasteiger partial charge in [0.15, 0.2) is 5.82 Å². The van der Waals surface area contributed by atoms with E-state index in [9.17, 15) is 4.79 Å². The molecule has 0 unspecified atom stereocenters. The Bertz CT molecular complexity index is 582. The summed E-state index contributed by atoms with van der Waals surface area (Å²) in [6, 6.07) is 0.240. The highest BCUT2D eigenvalue weighted by atomic mass is 16.5. The summed E-state index contributed by atoms with van der Waals surface area (Å²) in [6.07, 6.45) is 9.08. The van der Waals surface area contributed by atoms with Crippen LogP contribution in [0.4, 0.5) is 4.79 Å². The number of urea groups is 1. The van der Waals surface area contributed by atoms with Gasteiger partial charge in [0.1, 0.15) is 6.33 Å². The van der Waals surface area contributed by atoms with E-state index in [0.717, 1.165) is 25.4 Å². The van der Waals surface area contributed by atoms with E-state index in [1.807, 2.05) is 23.4 Å². The zero-order valence-electron chi connectivity index (χ0n) is 15.7. The van der Waals surface area contributed by atoms with Crippen LogP contribution in [0.25, 0.3) is 0 Å². The number of amides is 2. The molecule has 0 aliphatic heterocycles. The van der Waals surface area contributed by atoms with Crippen molar-refractivity contribution in [2.45, 2.75) is 77.6 Å². The number of nitrogens with one attached hydrogen (secondary N) is 1. The van der Waals surface area contributed by atoms with Crippen molar-refractivity contribution in [1.82, 2.24) is 25.0 Å². The highest BCUT2D eigenvalue weighted by Crippen LogP contribution is 2.55. The molecule has 2 fully saturated rings. The lowest BCUT2D eigenvalue weighted by Gasteiger charge is -2.60. The third-order valence-electron chi connectivity index (χ3n) is 6.12. The van der Waals surface area contributed by atoms with Gasteiger partial charge in [0, 0.05) is 31.7 Å². The van der Waals surface area contributed by atoms with Crippen LogP contribution < -0.4 is 5.32 Å². The van der Waals surface area contributed by atoms with E-state index >= 15 is 0 Å². The van der Waals surface area contributed by atoms with Gasteiger partial charge in [-0.15, -0.1) is 10.2 Å². The maximum atomic E-state index is 12.7. The lowest BCUT2D eigenvalue weighted by molar-refractivity contribution is -0.170. The minimum absolute atomic E-state index is 0.0319. The number of nitrogens with zero attached hydrogens (tertiary/aromatic N) is 4. The number of carbonyl (C=O) groups is 1. The zero-order valence-corrected chi connectivity index (χ0v) is 15.7. The molecule has 0 radical (unpaired) electrons. The first kappa shape index (κ1) is 18.2. The molecule has 1 N–H and O–H groups in total. The summed E-state index contributed by atoms with van der Waals surface area (Å²) in [6.45, 7) is 6.06. The highest BCUT2D eigenvalue weighted by molar-refractivity contribution is 5.74. The molecule has 1 spiro atoms. The van der Waals surface area contributed by atoms with Crippen molar-refractivity contribution in [3.05, 3.63) is 12.2 Å². The van der Waals surface area contributed by atoms with Gasteiger partial charge in [0.05, 0.1) is 12.6 Å². The molecule has 2 aliphatic rings. The Balaban J connectivity index is 1.61. The summed E-state index contributed by atoms with van der Waals surface area (Å²) in [5.41, 5.74) is 0.157. The second kappa shape index (κ2) is 7.72. The molecule has 140 valence electrons. The standard InChI is InChI=1S/C18H31N5O2/c1-4-23-13-20-21-16(23)12-19-17(24)22(3)14-11-15(25-5-2)18(14)9-7-6-8-10-18/h13-15H,4-12H2,1-3H3,(H,19,24)/t14-,15-/m1/s1. The summed E-state index contributed by atoms with van der Waals surface area (Å²) >= 11 is 0. The molecule has 1 heterocycles. The lowest BCUT2D eigenvalue weighted by Crippen LogP contribution is -2.66. The molecule has 2 atom stereocenters. The first-order chi connectivity index (χ1) is 12.1. The number of aryl methyl sites for hydroxylation is 1. The normalized spacial score (nSPS) is 24.8. The van der Waals surface area contributed by atoms with E-state index < -0.39 is 0 Å². The molecule has 0 saturated heterocycles. The van der Waals surface area contributed by atoms with Crippen LogP contribution in [0.1, 0.15) is 58.2 Å². The molecule has 2 saturated carbocycles. The molecular formula is C18H31N5O2. The number of carbonyl (C=O) groups excluding carboxylic acids is 1. The number of hydrogen-bond acceptors (Lipinski definition) is 4. The van der Waals surface area contributed by atoms with Gasteiger partial charge in [-0.05, 0) is 33.1 Å². The zero-order chi connectivity index (χ0) is 17.9. The smallest absolute Gasteiger partial charge is 0.317 e. The van der Waals surface area contributed by atoms with Crippen LogP contribution >= 0.6 is 0 Å². The monoisotopic (exact) mass is 349 g/mol. The second-order valence-electron chi connectivity index (χ2n) is 7.29. The Kier molecular flexibility index (Phi) is 5.61. The molecular weight excluding hydrogens is 318 g/mol. The van der Waals surface area contributed by atoms with Crippen molar-refractivity contribution < 1.29 is 9.53 Å². The van der Waals surface area contributed by atoms with Crippen LogP contribution in [0, 0.1) is 5.41 Å². The topological polar surface area (TPSA) is 72.3 Å². The van der Waals surface area contributed by atoms with Crippen molar-refractivity contribution >= 4 is 6.03 Å². The minimum atomic E-state index is -0.0319. The van der Waals surface area contributed by atoms with Crippen molar-refractivity contribution in [1.29, 1.82) is 0 Å². The van der Waals surface area contributed by atoms with Gasteiger partial charge >= 0.3 is 6.03 Å². The van der Waals surface area contributed by atoms with E-state index in [0.29, 0.717) is 12.6 Å². The lowest BCUT2D eigenvalue weighted by atomic mass is 9.54. The molecule has 0 bridgehead atoms. The van der Waals surface area contributed by atoms with Crippen molar-refractivity contribution in [3.8, 4) is 0 Å². The first-order valence-corrected chi connectivity index (χ1v) is 9.61. The predicted octanol–water partition coefficient (Wildman–Crippen LogP) is 2.57. The van der Waals surface area contributed by atoms with Crippen LogP contribution in [0.15, 0.2) is 6.33 Å². The van der Waals surface area contributed by atoms with E-state index in [1.165, 1.54) is 32.1 Å².